The van der Waals surface area contributed by atoms with Crippen molar-refractivity contribution in [3.63, 3.8) is 0 Å². The molecular formula is C16H23FN4. The fraction of sp³-hybridized carbons (Fsp3) is 0.500. The molecule has 114 valence electrons. The van der Waals surface area contributed by atoms with Gasteiger partial charge in [-0.25, -0.2) is 9.37 Å². The second-order valence-electron chi connectivity index (χ2n) is 5.19. The van der Waals surface area contributed by atoms with E-state index in [0.29, 0.717) is 0 Å². The van der Waals surface area contributed by atoms with Crippen molar-refractivity contribution in [2.45, 2.75) is 45.7 Å². The van der Waals surface area contributed by atoms with Gasteiger partial charge in [0, 0.05) is 19.0 Å². The maximum absolute atomic E-state index is 13.3. The summed E-state index contributed by atoms with van der Waals surface area (Å²) in [5, 5.41) is 7.71. The van der Waals surface area contributed by atoms with E-state index in [4.69, 9.17) is 0 Å². The summed E-state index contributed by atoms with van der Waals surface area (Å²) >= 11 is 0. The Morgan fingerprint density at radius 2 is 2.14 bits per heavy atom. The van der Waals surface area contributed by atoms with Gasteiger partial charge in [0.05, 0.1) is 0 Å². The highest BCUT2D eigenvalue weighted by Gasteiger charge is 2.14. The van der Waals surface area contributed by atoms with Crippen LogP contribution < -0.4 is 5.32 Å². The first kappa shape index (κ1) is 15.6. The molecule has 0 spiro atoms. The largest absolute Gasteiger partial charge is 0.313 e. The Morgan fingerprint density at radius 3 is 2.86 bits per heavy atom. The van der Waals surface area contributed by atoms with Crippen molar-refractivity contribution >= 4 is 0 Å². The van der Waals surface area contributed by atoms with E-state index in [9.17, 15) is 4.39 Å². The summed E-state index contributed by atoms with van der Waals surface area (Å²) in [5.41, 5.74) is 1.00. The molecule has 0 saturated carbocycles. The number of nitrogens with zero attached hydrogens (tertiary/aromatic N) is 3. The molecule has 0 aliphatic rings. The first-order valence-corrected chi connectivity index (χ1v) is 7.57. The zero-order chi connectivity index (χ0) is 15.1. The van der Waals surface area contributed by atoms with E-state index in [-0.39, 0.29) is 11.9 Å². The maximum atomic E-state index is 13.3. The van der Waals surface area contributed by atoms with Gasteiger partial charge < -0.3 is 5.32 Å². The molecule has 0 saturated heterocycles. The molecule has 1 aromatic heterocycles. The van der Waals surface area contributed by atoms with Gasteiger partial charge in [-0.1, -0.05) is 26.0 Å². The number of rotatable bonds is 8. The molecule has 2 aromatic rings. The van der Waals surface area contributed by atoms with Crippen molar-refractivity contribution in [2.75, 3.05) is 6.54 Å². The van der Waals surface area contributed by atoms with Crippen molar-refractivity contribution < 1.29 is 4.39 Å². The van der Waals surface area contributed by atoms with Gasteiger partial charge in [0.15, 0.2) is 0 Å². The van der Waals surface area contributed by atoms with Gasteiger partial charge in [-0.3, -0.25) is 4.68 Å². The van der Waals surface area contributed by atoms with Crippen molar-refractivity contribution in [1.29, 1.82) is 0 Å². The minimum atomic E-state index is -0.183. The van der Waals surface area contributed by atoms with Crippen LogP contribution in [-0.4, -0.2) is 27.4 Å². The van der Waals surface area contributed by atoms with E-state index in [1.54, 1.807) is 18.5 Å². The second kappa shape index (κ2) is 7.88. The smallest absolute Gasteiger partial charge is 0.138 e. The number of aryl methyl sites for hydroxylation is 1. The molecule has 1 N–H and O–H groups in total. The zero-order valence-electron chi connectivity index (χ0n) is 12.7. The van der Waals surface area contributed by atoms with Crippen LogP contribution in [0.3, 0.4) is 0 Å². The molecule has 0 aliphatic carbocycles. The Balaban J connectivity index is 2.06. The van der Waals surface area contributed by atoms with Crippen molar-refractivity contribution in [1.82, 2.24) is 20.1 Å². The van der Waals surface area contributed by atoms with Crippen LogP contribution in [0.15, 0.2) is 30.6 Å². The lowest BCUT2D eigenvalue weighted by atomic mass is 10.0. The number of hydrogen-bond donors (Lipinski definition) is 1. The molecule has 2 rings (SSSR count). The second-order valence-corrected chi connectivity index (χ2v) is 5.19. The Kier molecular flexibility index (Phi) is 5.87. The highest BCUT2D eigenvalue weighted by molar-refractivity contribution is 5.17. The summed E-state index contributed by atoms with van der Waals surface area (Å²) in [6.07, 6.45) is 4.22. The van der Waals surface area contributed by atoms with E-state index in [1.165, 1.54) is 6.07 Å². The number of nitrogens with one attached hydrogen (secondary N) is 1. The third-order valence-corrected chi connectivity index (χ3v) is 3.42. The minimum absolute atomic E-state index is 0.183. The van der Waals surface area contributed by atoms with Crippen LogP contribution in [-0.2, 0) is 19.4 Å². The van der Waals surface area contributed by atoms with E-state index < -0.39 is 0 Å². The van der Waals surface area contributed by atoms with Crippen molar-refractivity contribution in [3.8, 4) is 0 Å². The first-order chi connectivity index (χ1) is 10.2. The standard InChI is InChI=1S/C16H23FN4/c1-3-8-21-16(19-12-20-21)11-15(18-4-2)10-13-6-5-7-14(17)9-13/h5-7,9,12,15,18H,3-4,8,10-11H2,1-2H3. The molecule has 1 unspecified atom stereocenters. The lowest BCUT2D eigenvalue weighted by Crippen LogP contribution is -2.34. The minimum Gasteiger partial charge on any atom is -0.313 e. The van der Waals surface area contributed by atoms with Gasteiger partial charge in [-0.05, 0) is 37.1 Å². The monoisotopic (exact) mass is 290 g/mol. The van der Waals surface area contributed by atoms with E-state index in [1.807, 2.05) is 10.7 Å². The Hall–Kier alpha value is -1.75. The van der Waals surface area contributed by atoms with E-state index in [0.717, 1.165) is 43.7 Å². The number of benzene rings is 1. The van der Waals surface area contributed by atoms with Gasteiger partial charge in [0.1, 0.15) is 18.0 Å². The summed E-state index contributed by atoms with van der Waals surface area (Å²) in [4.78, 5) is 4.35. The van der Waals surface area contributed by atoms with E-state index >= 15 is 0 Å². The average Bonchev–Trinajstić information content (AvgIpc) is 2.87. The predicted molar refractivity (Wildman–Crippen MR) is 81.6 cm³/mol. The summed E-state index contributed by atoms with van der Waals surface area (Å²) < 4.78 is 15.3. The molecule has 1 atom stereocenters. The third kappa shape index (κ3) is 4.63. The number of likely N-dealkylation sites (N-methyl/N-ethyl adjacent to an activating group) is 1. The topological polar surface area (TPSA) is 42.7 Å². The quantitative estimate of drug-likeness (QED) is 0.812. The Morgan fingerprint density at radius 1 is 1.29 bits per heavy atom. The molecule has 0 fully saturated rings. The predicted octanol–water partition coefficient (Wildman–Crippen LogP) is 2.59. The van der Waals surface area contributed by atoms with Crippen LogP contribution in [0, 0.1) is 5.82 Å². The molecule has 4 nitrogen and oxygen atoms in total. The normalized spacial score (nSPS) is 12.5. The van der Waals surface area contributed by atoms with Gasteiger partial charge in [0.2, 0.25) is 0 Å². The SMILES string of the molecule is CCCn1ncnc1CC(Cc1cccc(F)c1)NCC. The number of aromatic nitrogens is 3. The van der Waals surface area contributed by atoms with Crippen LogP contribution in [0.2, 0.25) is 0 Å². The first-order valence-electron chi connectivity index (χ1n) is 7.57. The summed E-state index contributed by atoms with van der Waals surface area (Å²) in [7, 11) is 0. The van der Waals surface area contributed by atoms with Crippen LogP contribution in [0.25, 0.3) is 0 Å². The van der Waals surface area contributed by atoms with Crippen molar-refractivity contribution in [3.05, 3.63) is 47.8 Å². The lowest BCUT2D eigenvalue weighted by molar-refractivity contribution is 0.481. The molecular weight excluding hydrogens is 267 g/mol. The maximum Gasteiger partial charge on any atom is 0.138 e. The summed E-state index contributed by atoms with van der Waals surface area (Å²) in [6, 6.07) is 7.03. The van der Waals surface area contributed by atoms with Gasteiger partial charge in [0.25, 0.3) is 0 Å². The number of hydrogen-bond acceptors (Lipinski definition) is 3. The molecule has 0 aliphatic heterocycles. The molecule has 0 amide bonds. The van der Waals surface area contributed by atoms with Crippen LogP contribution in [0.5, 0.6) is 0 Å². The van der Waals surface area contributed by atoms with E-state index in [2.05, 4.69) is 29.2 Å². The lowest BCUT2D eigenvalue weighted by Gasteiger charge is -2.18. The van der Waals surface area contributed by atoms with Crippen LogP contribution in [0.1, 0.15) is 31.7 Å². The molecule has 1 heterocycles. The molecule has 5 heteroatoms. The van der Waals surface area contributed by atoms with Crippen LogP contribution >= 0.6 is 0 Å². The third-order valence-electron chi connectivity index (χ3n) is 3.42. The van der Waals surface area contributed by atoms with Crippen molar-refractivity contribution in [2.24, 2.45) is 0 Å². The van der Waals surface area contributed by atoms with Gasteiger partial charge in [-0.2, -0.15) is 5.10 Å². The molecule has 1 aromatic carbocycles. The highest BCUT2D eigenvalue weighted by Crippen LogP contribution is 2.10. The van der Waals surface area contributed by atoms with Crippen LogP contribution in [0.4, 0.5) is 4.39 Å². The fourth-order valence-electron chi connectivity index (χ4n) is 2.52. The van der Waals surface area contributed by atoms with Gasteiger partial charge >= 0.3 is 0 Å². The molecule has 0 bridgehead atoms. The number of halogens is 1. The Bertz CT molecular complexity index is 553. The Labute approximate surface area is 125 Å². The average molecular weight is 290 g/mol. The zero-order valence-corrected chi connectivity index (χ0v) is 12.7. The molecule has 0 radical (unpaired) electrons. The highest BCUT2D eigenvalue weighted by atomic mass is 19.1. The summed E-state index contributed by atoms with van der Waals surface area (Å²) in [5.74, 6) is 0.802. The summed E-state index contributed by atoms with van der Waals surface area (Å²) in [6.45, 7) is 5.96. The molecule has 21 heavy (non-hydrogen) atoms. The fourth-order valence-corrected chi connectivity index (χ4v) is 2.52. The van der Waals surface area contributed by atoms with Gasteiger partial charge in [-0.15, -0.1) is 0 Å².